The summed E-state index contributed by atoms with van der Waals surface area (Å²) in [5.41, 5.74) is 1.83. The number of hydrogen-bond donors (Lipinski definition) is 2. The van der Waals surface area contributed by atoms with Gasteiger partial charge in [0.1, 0.15) is 0 Å². The minimum atomic E-state index is -0.140. The number of aromatic amines is 1. The fraction of sp³-hybridized carbons (Fsp3) is 0.250. The Hall–Kier alpha value is -1.81. The first-order chi connectivity index (χ1) is 7.81. The molecule has 0 saturated heterocycles. The first-order valence-corrected chi connectivity index (χ1v) is 5.27. The number of aliphatic hydroxyl groups excluding tert-OH is 1. The van der Waals surface area contributed by atoms with Crippen LogP contribution in [0, 0.1) is 0 Å². The van der Waals surface area contributed by atoms with Crippen LogP contribution in [0.15, 0.2) is 41.5 Å². The van der Waals surface area contributed by atoms with Gasteiger partial charge in [0.25, 0.3) is 0 Å². The van der Waals surface area contributed by atoms with Crippen LogP contribution in [0.1, 0.15) is 12.0 Å². The zero-order chi connectivity index (χ0) is 11.4. The van der Waals surface area contributed by atoms with Crippen LogP contribution in [0.25, 0.3) is 5.69 Å². The number of rotatable bonds is 4. The molecule has 84 valence electrons. The van der Waals surface area contributed by atoms with Crippen LogP contribution >= 0.6 is 0 Å². The molecule has 2 rings (SSSR count). The Labute approximate surface area is 93.2 Å². The standard InChI is InChI=1S/C12H14N2O2/c15-8-2-4-10-3-1-5-11(9-10)14-7-6-13-12(14)16/h1,3,5-7,9,15H,2,4,8H2,(H,13,16). The zero-order valence-electron chi connectivity index (χ0n) is 8.89. The summed E-state index contributed by atoms with van der Waals surface area (Å²) in [6.07, 6.45) is 4.88. The molecule has 16 heavy (non-hydrogen) atoms. The topological polar surface area (TPSA) is 58.0 Å². The van der Waals surface area contributed by atoms with Crippen LogP contribution in [-0.4, -0.2) is 21.3 Å². The summed E-state index contributed by atoms with van der Waals surface area (Å²) in [7, 11) is 0. The monoisotopic (exact) mass is 218 g/mol. The average molecular weight is 218 g/mol. The summed E-state index contributed by atoms with van der Waals surface area (Å²) < 4.78 is 1.56. The number of imidazole rings is 1. The lowest BCUT2D eigenvalue weighted by molar-refractivity contribution is 0.288. The van der Waals surface area contributed by atoms with E-state index in [0.29, 0.717) is 0 Å². The van der Waals surface area contributed by atoms with Gasteiger partial charge in [0.2, 0.25) is 0 Å². The Morgan fingerprint density at radius 3 is 2.94 bits per heavy atom. The molecule has 0 spiro atoms. The van der Waals surface area contributed by atoms with E-state index in [9.17, 15) is 4.79 Å². The highest BCUT2D eigenvalue weighted by Gasteiger charge is 2.00. The molecule has 0 saturated carbocycles. The molecule has 1 aromatic heterocycles. The van der Waals surface area contributed by atoms with Gasteiger partial charge in [-0.3, -0.25) is 4.57 Å². The summed E-state index contributed by atoms with van der Waals surface area (Å²) >= 11 is 0. The lowest BCUT2D eigenvalue weighted by Crippen LogP contribution is -2.14. The second-order valence-electron chi connectivity index (χ2n) is 3.63. The van der Waals surface area contributed by atoms with Crippen molar-refractivity contribution in [3.05, 3.63) is 52.7 Å². The number of nitrogens with zero attached hydrogens (tertiary/aromatic N) is 1. The Kier molecular flexibility index (Phi) is 3.22. The van der Waals surface area contributed by atoms with E-state index >= 15 is 0 Å². The minimum Gasteiger partial charge on any atom is -0.396 e. The van der Waals surface area contributed by atoms with E-state index < -0.39 is 0 Å². The van der Waals surface area contributed by atoms with Gasteiger partial charge in [-0.1, -0.05) is 12.1 Å². The highest BCUT2D eigenvalue weighted by atomic mass is 16.2. The highest BCUT2D eigenvalue weighted by molar-refractivity contribution is 5.35. The Morgan fingerprint density at radius 2 is 2.25 bits per heavy atom. The van der Waals surface area contributed by atoms with Crippen molar-refractivity contribution in [3.8, 4) is 5.69 Å². The van der Waals surface area contributed by atoms with Crippen LogP contribution in [0.3, 0.4) is 0 Å². The van der Waals surface area contributed by atoms with Gasteiger partial charge in [0.15, 0.2) is 0 Å². The number of aryl methyl sites for hydroxylation is 1. The van der Waals surface area contributed by atoms with Crippen LogP contribution in [0.5, 0.6) is 0 Å². The maximum Gasteiger partial charge on any atom is 0.330 e. The summed E-state index contributed by atoms with van der Waals surface area (Å²) in [6.45, 7) is 0.189. The van der Waals surface area contributed by atoms with Crippen molar-refractivity contribution in [2.45, 2.75) is 12.8 Å². The molecule has 0 aliphatic carbocycles. The van der Waals surface area contributed by atoms with Gasteiger partial charge >= 0.3 is 5.69 Å². The molecule has 2 N–H and O–H groups in total. The van der Waals surface area contributed by atoms with Gasteiger partial charge in [-0.05, 0) is 30.5 Å². The third-order valence-electron chi connectivity index (χ3n) is 2.46. The summed E-state index contributed by atoms with van der Waals surface area (Å²) in [4.78, 5) is 14.0. The molecule has 0 fully saturated rings. The van der Waals surface area contributed by atoms with E-state index in [-0.39, 0.29) is 12.3 Å². The van der Waals surface area contributed by atoms with Crippen molar-refractivity contribution in [2.24, 2.45) is 0 Å². The molecule has 4 nitrogen and oxygen atoms in total. The normalized spacial score (nSPS) is 10.6. The van der Waals surface area contributed by atoms with E-state index in [2.05, 4.69) is 4.98 Å². The van der Waals surface area contributed by atoms with Crippen LogP contribution in [-0.2, 0) is 6.42 Å². The van der Waals surface area contributed by atoms with Crippen molar-refractivity contribution in [2.75, 3.05) is 6.61 Å². The number of hydrogen-bond acceptors (Lipinski definition) is 2. The molecular formula is C12H14N2O2. The number of nitrogens with one attached hydrogen (secondary N) is 1. The molecule has 1 heterocycles. The Balaban J connectivity index is 2.29. The van der Waals surface area contributed by atoms with Gasteiger partial charge in [-0.2, -0.15) is 0 Å². The molecule has 0 bridgehead atoms. The first kappa shape index (κ1) is 10.7. The van der Waals surface area contributed by atoms with Crippen molar-refractivity contribution in [1.29, 1.82) is 0 Å². The summed E-state index contributed by atoms with van der Waals surface area (Å²) in [6, 6.07) is 7.76. The highest BCUT2D eigenvalue weighted by Crippen LogP contribution is 2.10. The largest absolute Gasteiger partial charge is 0.396 e. The van der Waals surface area contributed by atoms with E-state index in [1.807, 2.05) is 24.3 Å². The first-order valence-electron chi connectivity index (χ1n) is 5.27. The van der Waals surface area contributed by atoms with Gasteiger partial charge < -0.3 is 10.1 Å². The second-order valence-corrected chi connectivity index (χ2v) is 3.63. The van der Waals surface area contributed by atoms with Crippen LogP contribution < -0.4 is 5.69 Å². The third kappa shape index (κ3) is 2.23. The number of aromatic nitrogens is 2. The predicted molar refractivity (Wildman–Crippen MR) is 61.8 cm³/mol. The molecule has 0 aliphatic rings. The van der Waals surface area contributed by atoms with Crippen LogP contribution in [0.4, 0.5) is 0 Å². The number of aliphatic hydroxyl groups is 1. The molecule has 0 radical (unpaired) electrons. The van der Waals surface area contributed by atoms with E-state index in [0.717, 1.165) is 24.1 Å². The maximum atomic E-state index is 11.4. The molecule has 2 aromatic rings. The molecule has 0 amide bonds. The van der Waals surface area contributed by atoms with Crippen molar-refractivity contribution >= 4 is 0 Å². The lowest BCUT2D eigenvalue weighted by Gasteiger charge is -2.04. The quantitative estimate of drug-likeness (QED) is 0.807. The Morgan fingerprint density at radius 1 is 1.38 bits per heavy atom. The molecular weight excluding hydrogens is 204 g/mol. The Bertz CT molecular complexity index is 513. The molecule has 4 heteroatoms. The lowest BCUT2D eigenvalue weighted by atomic mass is 10.1. The summed E-state index contributed by atoms with van der Waals surface area (Å²) in [5, 5.41) is 8.76. The van der Waals surface area contributed by atoms with Gasteiger partial charge in [0, 0.05) is 19.0 Å². The van der Waals surface area contributed by atoms with E-state index in [1.165, 1.54) is 0 Å². The smallest absolute Gasteiger partial charge is 0.330 e. The molecule has 0 unspecified atom stereocenters. The van der Waals surface area contributed by atoms with Gasteiger partial charge in [-0.15, -0.1) is 0 Å². The summed E-state index contributed by atoms with van der Waals surface area (Å²) in [5.74, 6) is 0. The zero-order valence-corrected chi connectivity index (χ0v) is 8.89. The minimum absolute atomic E-state index is 0.140. The SMILES string of the molecule is O=c1[nH]ccn1-c1cccc(CCCO)c1. The second kappa shape index (κ2) is 4.81. The van der Waals surface area contributed by atoms with Crippen molar-refractivity contribution in [1.82, 2.24) is 9.55 Å². The van der Waals surface area contributed by atoms with Gasteiger partial charge in [-0.25, -0.2) is 4.79 Å². The predicted octanol–water partition coefficient (Wildman–Crippen LogP) is 1.09. The number of benzene rings is 1. The molecule has 1 aromatic carbocycles. The van der Waals surface area contributed by atoms with Crippen molar-refractivity contribution in [3.63, 3.8) is 0 Å². The maximum absolute atomic E-state index is 11.4. The van der Waals surface area contributed by atoms with Crippen LogP contribution in [0.2, 0.25) is 0 Å². The average Bonchev–Trinajstić information content (AvgIpc) is 2.73. The number of H-pyrrole nitrogens is 1. The molecule has 0 aliphatic heterocycles. The van der Waals surface area contributed by atoms with Crippen molar-refractivity contribution < 1.29 is 5.11 Å². The fourth-order valence-corrected chi connectivity index (χ4v) is 1.67. The molecule has 0 atom stereocenters. The fourth-order valence-electron chi connectivity index (χ4n) is 1.67. The van der Waals surface area contributed by atoms with E-state index in [1.54, 1.807) is 17.0 Å². The van der Waals surface area contributed by atoms with Gasteiger partial charge in [0.05, 0.1) is 5.69 Å². The third-order valence-corrected chi connectivity index (χ3v) is 2.46. The van der Waals surface area contributed by atoms with E-state index in [4.69, 9.17) is 5.11 Å².